The molecule has 1 heterocycles. The van der Waals surface area contributed by atoms with Gasteiger partial charge in [-0.3, -0.25) is 9.59 Å². The average molecular weight is 272 g/mol. The molecule has 1 aliphatic heterocycles. The highest BCUT2D eigenvalue weighted by Gasteiger charge is 2.45. The van der Waals surface area contributed by atoms with Crippen molar-refractivity contribution >= 4 is 17.5 Å². The van der Waals surface area contributed by atoms with Crippen LogP contribution in [0.15, 0.2) is 18.2 Å². The van der Waals surface area contributed by atoms with Gasteiger partial charge < -0.3 is 10.6 Å². The molecule has 2 aliphatic rings. The molecule has 0 bridgehead atoms. The summed E-state index contributed by atoms with van der Waals surface area (Å²) in [6, 6.07) is 5.42. The normalized spacial score (nSPS) is 18.6. The lowest BCUT2D eigenvalue weighted by Gasteiger charge is -2.20. The fraction of sp³-hybridized carbons (Fsp3) is 0.500. The van der Waals surface area contributed by atoms with Crippen LogP contribution in [-0.2, 0) is 11.2 Å². The summed E-state index contributed by atoms with van der Waals surface area (Å²) >= 11 is 0. The van der Waals surface area contributed by atoms with Gasteiger partial charge in [0.15, 0.2) is 0 Å². The largest absolute Gasteiger partial charge is 0.351 e. The van der Waals surface area contributed by atoms with Gasteiger partial charge in [-0.05, 0) is 41.9 Å². The standard InChI is InChI=1S/C16H20N2O2/c1-10(2)16(5-6-16)9-17-15(20)12-4-3-11-8-14(19)18-13(11)7-12/h3-4,7,10H,5-6,8-9H2,1-2H3,(H,17,20)(H,18,19). The van der Waals surface area contributed by atoms with Crippen molar-refractivity contribution in [3.8, 4) is 0 Å². The van der Waals surface area contributed by atoms with Crippen LogP contribution in [0.25, 0.3) is 0 Å². The van der Waals surface area contributed by atoms with Gasteiger partial charge >= 0.3 is 0 Å². The molecule has 0 spiro atoms. The highest BCUT2D eigenvalue weighted by Crippen LogP contribution is 2.51. The molecule has 1 aromatic rings. The van der Waals surface area contributed by atoms with Crippen LogP contribution in [0.2, 0.25) is 0 Å². The predicted molar refractivity (Wildman–Crippen MR) is 77.6 cm³/mol. The van der Waals surface area contributed by atoms with Gasteiger partial charge in [0, 0.05) is 17.8 Å². The molecule has 3 rings (SSSR count). The smallest absolute Gasteiger partial charge is 0.251 e. The number of hydrogen-bond acceptors (Lipinski definition) is 2. The summed E-state index contributed by atoms with van der Waals surface area (Å²) < 4.78 is 0. The number of hydrogen-bond donors (Lipinski definition) is 2. The molecule has 0 unspecified atom stereocenters. The van der Waals surface area contributed by atoms with Crippen molar-refractivity contribution < 1.29 is 9.59 Å². The van der Waals surface area contributed by atoms with Gasteiger partial charge in [-0.2, -0.15) is 0 Å². The topological polar surface area (TPSA) is 58.2 Å². The highest BCUT2D eigenvalue weighted by atomic mass is 16.2. The number of nitrogens with one attached hydrogen (secondary N) is 2. The maximum absolute atomic E-state index is 12.2. The van der Waals surface area contributed by atoms with E-state index in [1.807, 2.05) is 6.07 Å². The van der Waals surface area contributed by atoms with E-state index < -0.39 is 0 Å². The Kier molecular flexibility index (Phi) is 3.04. The Morgan fingerprint density at radius 1 is 1.40 bits per heavy atom. The van der Waals surface area contributed by atoms with Crippen LogP contribution in [0.1, 0.15) is 42.6 Å². The van der Waals surface area contributed by atoms with Crippen LogP contribution < -0.4 is 10.6 Å². The molecule has 20 heavy (non-hydrogen) atoms. The summed E-state index contributed by atoms with van der Waals surface area (Å²) in [5.41, 5.74) is 2.66. The molecule has 0 radical (unpaired) electrons. The SMILES string of the molecule is CC(C)C1(CNC(=O)c2ccc3c(c2)NC(=O)C3)CC1. The van der Waals surface area contributed by atoms with E-state index in [-0.39, 0.29) is 11.8 Å². The third-order valence-electron chi connectivity index (χ3n) is 4.72. The number of amides is 2. The predicted octanol–water partition coefficient (Wildman–Crippen LogP) is 2.35. The van der Waals surface area contributed by atoms with E-state index >= 15 is 0 Å². The van der Waals surface area contributed by atoms with E-state index in [1.165, 1.54) is 12.8 Å². The van der Waals surface area contributed by atoms with E-state index in [2.05, 4.69) is 24.5 Å². The molecule has 1 aromatic carbocycles. The third-order valence-corrected chi connectivity index (χ3v) is 4.72. The summed E-state index contributed by atoms with van der Waals surface area (Å²) in [6.45, 7) is 5.17. The third kappa shape index (κ3) is 2.30. The first-order valence-electron chi connectivity index (χ1n) is 7.21. The molecule has 0 saturated heterocycles. The van der Waals surface area contributed by atoms with Crippen LogP contribution in [0.3, 0.4) is 0 Å². The molecule has 0 aromatic heterocycles. The summed E-state index contributed by atoms with van der Waals surface area (Å²) in [6.07, 6.45) is 2.81. The fourth-order valence-corrected chi connectivity index (χ4v) is 2.83. The van der Waals surface area contributed by atoms with Crippen molar-refractivity contribution in [1.82, 2.24) is 5.32 Å². The molecule has 1 aliphatic carbocycles. The van der Waals surface area contributed by atoms with Crippen molar-refractivity contribution in [2.75, 3.05) is 11.9 Å². The Bertz CT molecular complexity index is 574. The second kappa shape index (κ2) is 4.62. The van der Waals surface area contributed by atoms with Crippen molar-refractivity contribution in [2.45, 2.75) is 33.1 Å². The Balaban J connectivity index is 1.66. The zero-order valence-corrected chi connectivity index (χ0v) is 12.0. The maximum Gasteiger partial charge on any atom is 0.251 e. The maximum atomic E-state index is 12.2. The zero-order chi connectivity index (χ0) is 14.3. The first kappa shape index (κ1) is 13.2. The molecule has 106 valence electrons. The first-order chi connectivity index (χ1) is 9.50. The molecule has 0 atom stereocenters. The molecular weight excluding hydrogens is 252 g/mol. The molecule has 4 nitrogen and oxygen atoms in total. The highest BCUT2D eigenvalue weighted by molar-refractivity contribution is 6.02. The summed E-state index contributed by atoms with van der Waals surface area (Å²) in [5.74, 6) is 0.539. The molecular formula is C16H20N2O2. The number of benzene rings is 1. The van der Waals surface area contributed by atoms with Gasteiger partial charge in [0.1, 0.15) is 0 Å². The van der Waals surface area contributed by atoms with E-state index in [4.69, 9.17) is 0 Å². The first-order valence-corrected chi connectivity index (χ1v) is 7.21. The second-order valence-electron chi connectivity index (χ2n) is 6.30. The number of fused-ring (bicyclic) bond motifs is 1. The molecule has 4 heteroatoms. The lowest BCUT2D eigenvalue weighted by atomic mass is 9.92. The van der Waals surface area contributed by atoms with Gasteiger partial charge in [0.25, 0.3) is 5.91 Å². The van der Waals surface area contributed by atoms with Gasteiger partial charge in [-0.15, -0.1) is 0 Å². The van der Waals surface area contributed by atoms with Crippen LogP contribution in [0, 0.1) is 11.3 Å². The summed E-state index contributed by atoms with van der Waals surface area (Å²) in [7, 11) is 0. The van der Waals surface area contributed by atoms with Crippen molar-refractivity contribution in [2.24, 2.45) is 11.3 Å². The molecule has 2 amide bonds. The van der Waals surface area contributed by atoms with Crippen molar-refractivity contribution in [3.63, 3.8) is 0 Å². The number of anilines is 1. The van der Waals surface area contributed by atoms with E-state index in [1.54, 1.807) is 12.1 Å². The quantitative estimate of drug-likeness (QED) is 0.884. The van der Waals surface area contributed by atoms with E-state index in [9.17, 15) is 9.59 Å². The van der Waals surface area contributed by atoms with E-state index in [0.29, 0.717) is 23.3 Å². The van der Waals surface area contributed by atoms with Crippen LogP contribution in [-0.4, -0.2) is 18.4 Å². The van der Waals surface area contributed by atoms with Gasteiger partial charge in [-0.1, -0.05) is 19.9 Å². The van der Waals surface area contributed by atoms with Gasteiger partial charge in [0.2, 0.25) is 5.91 Å². The number of carbonyl (C=O) groups excluding carboxylic acids is 2. The van der Waals surface area contributed by atoms with Crippen molar-refractivity contribution in [1.29, 1.82) is 0 Å². The van der Waals surface area contributed by atoms with Gasteiger partial charge in [0.05, 0.1) is 6.42 Å². The Labute approximate surface area is 118 Å². The summed E-state index contributed by atoms with van der Waals surface area (Å²) in [4.78, 5) is 23.5. The van der Waals surface area contributed by atoms with E-state index in [0.717, 1.165) is 17.8 Å². The van der Waals surface area contributed by atoms with Crippen LogP contribution >= 0.6 is 0 Å². The molecule has 2 N–H and O–H groups in total. The summed E-state index contributed by atoms with van der Waals surface area (Å²) in [5, 5.41) is 5.81. The second-order valence-corrected chi connectivity index (χ2v) is 6.30. The Morgan fingerprint density at radius 2 is 2.15 bits per heavy atom. The lowest BCUT2D eigenvalue weighted by Crippen LogP contribution is -2.32. The minimum Gasteiger partial charge on any atom is -0.351 e. The van der Waals surface area contributed by atoms with Crippen molar-refractivity contribution in [3.05, 3.63) is 29.3 Å². The number of rotatable bonds is 4. The lowest BCUT2D eigenvalue weighted by molar-refractivity contribution is -0.115. The zero-order valence-electron chi connectivity index (χ0n) is 12.0. The fourth-order valence-electron chi connectivity index (χ4n) is 2.83. The monoisotopic (exact) mass is 272 g/mol. The number of carbonyl (C=O) groups is 2. The average Bonchev–Trinajstić information content (AvgIpc) is 3.11. The Hall–Kier alpha value is -1.84. The molecule has 1 saturated carbocycles. The van der Waals surface area contributed by atoms with Gasteiger partial charge in [-0.25, -0.2) is 0 Å². The minimum absolute atomic E-state index is 0.00528. The van der Waals surface area contributed by atoms with Crippen LogP contribution in [0.4, 0.5) is 5.69 Å². The minimum atomic E-state index is -0.0547. The Morgan fingerprint density at radius 3 is 2.80 bits per heavy atom. The van der Waals surface area contributed by atoms with Crippen LogP contribution in [0.5, 0.6) is 0 Å². The molecule has 1 fully saturated rings.